The lowest BCUT2D eigenvalue weighted by molar-refractivity contribution is 0.543. The molecule has 0 bridgehead atoms. The summed E-state index contributed by atoms with van der Waals surface area (Å²) in [5, 5.41) is 3.29. The molecule has 0 fully saturated rings. The van der Waals surface area contributed by atoms with Crippen LogP contribution in [-0.4, -0.2) is 4.98 Å². The number of aromatic nitrogens is 1. The topological polar surface area (TPSA) is 24.9 Å². The van der Waals surface area contributed by atoms with Gasteiger partial charge in [-0.2, -0.15) is 0 Å². The Bertz CT molecular complexity index is 516. The molecule has 2 nitrogen and oxygen atoms in total. The minimum Gasteiger partial charge on any atom is -0.306 e. The molecule has 1 aromatic carbocycles. The van der Waals surface area contributed by atoms with E-state index in [1.165, 1.54) is 6.07 Å². The molecule has 0 unspecified atom stereocenters. The standard InChI is InChI=1S/C14H14BrFN2/c1-10(11-4-6-17-7-5-11)18-9-12-2-3-13(15)8-14(12)16/h2-8,10,18H,9H2,1H3/t10-/m1/s1. The van der Waals surface area contributed by atoms with Crippen LogP contribution in [0, 0.1) is 5.82 Å². The number of hydrogen-bond acceptors (Lipinski definition) is 2. The van der Waals surface area contributed by atoms with Crippen LogP contribution in [0.3, 0.4) is 0 Å². The first-order valence-electron chi connectivity index (χ1n) is 5.74. The van der Waals surface area contributed by atoms with Gasteiger partial charge in [-0.05, 0) is 36.8 Å². The summed E-state index contributed by atoms with van der Waals surface area (Å²) in [6, 6.07) is 9.18. The van der Waals surface area contributed by atoms with Crippen molar-refractivity contribution >= 4 is 15.9 Å². The first-order chi connectivity index (χ1) is 8.66. The maximum absolute atomic E-state index is 13.6. The quantitative estimate of drug-likeness (QED) is 0.928. The van der Waals surface area contributed by atoms with Crippen molar-refractivity contribution in [3.8, 4) is 0 Å². The van der Waals surface area contributed by atoms with Gasteiger partial charge in [0.2, 0.25) is 0 Å². The minimum atomic E-state index is -0.196. The lowest BCUT2D eigenvalue weighted by Gasteiger charge is -2.14. The molecular weight excluding hydrogens is 295 g/mol. The second-order valence-electron chi connectivity index (χ2n) is 4.12. The molecule has 0 aliphatic carbocycles. The fourth-order valence-corrected chi connectivity index (χ4v) is 2.03. The van der Waals surface area contributed by atoms with Crippen LogP contribution in [0.15, 0.2) is 47.2 Å². The van der Waals surface area contributed by atoms with Gasteiger partial charge >= 0.3 is 0 Å². The lowest BCUT2D eigenvalue weighted by atomic mass is 10.1. The number of pyridine rings is 1. The van der Waals surface area contributed by atoms with E-state index in [-0.39, 0.29) is 11.9 Å². The van der Waals surface area contributed by atoms with Crippen molar-refractivity contribution in [1.29, 1.82) is 0 Å². The van der Waals surface area contributed by atoms with Crippen LogP contribution in [0.4, 0.5) is 4.39 Å². The number of hydrogen-bond donors (Lipinski definition) is 1. The Morgan fingerprint density at radius 2 is 2.00 bits per heavy atom. The van der Waals surface area contributed by atoms with Crippen molar-refractivity contribution in [2.24, 2.45) is 0 Å². The molecule has 0 saturated carbocycles. The van der Waals surface area contributed by atoms with Gasteiger partial charge in [0.1, 0.15) is 5.82 Å². The van der Waals surface area contributed by atoms with Crippen LogP contribution in [0.25, 0.3) is 0 Å². The zero-order valence-corrected chi connectivity index (χ0v) is 11.6. The highest BCUT2D eigenvalue weighted by Crippen LogP contribution is 2.17. The SMILES string of the molecule is C[C@@H](NCc1ccc(Br)cc1F)c1ccncc1. The van der Waals surface area contributed by atoms with Crippen molar-refractivity contribution < 1.29 is 4.39 Å². The number of nitrogens with one attached hydrogen (secondary N) is 1. The van der Waals surface area contributed by atoms with Crippen LogP contribution in [0.5, 0.6) is 0 Å². The fourth-order valence-electron chi connectivity index (χ4n) is 1.70. The van der Waals surface area contributed by atoms with Gasteiger partial charge in [0.15, 0.2) is 0 Å². The third-order valence-corrected chi connectivity index (χ3v) is 3.31. The van der Waals surface area contributed by atoms with E-state index in [0.717, 1.165) is 10.0 Å². The number of rotatable bonds is 4. The molecule has 1 aromatic heterocycles. The molecule has 18 heavy (non-hydrogen) atoms. The molecule has 0 spiro atoms. The summed E-state index contributed by atoms with van der Waals surface area (Å²) in [4.78, 5) is 3.98. The average molecular weight is 309 g/mol. The zero-order chi connectivity index (χ0) is 13.0. The molecule has 1 N–H and O–H groups in total. The van der Waals surface area contributed by atoms with E-state index in [2.05, 4.69) is 26.2 Å². The Morgan fingerprint density at radius 1 is 1.28 bits per heavy atom. The van der Waals surface area contributed by atoms with Crippen LogP contribution in [0.1, 0.15) is 24.1 Å². The second-order valence-corrected chi connectivity index (χ2v) is 5.03. The van der Waals surface area contributed by atoms with E-state index >= 15 is 0 Å². The predicted octanol–water partition coefficient (Wildman–Crippen LogP) is 3.83. The summed E-state index contributed by atoms with van der Waals surface area (Å²) in [5.41, 5.74) is 1.81. The second kappa shape index (κ2) is 6.07. The Morgan fingerprint density at radius 3 is 2.67 bits per heavy atom. The van der Waals surface area contributed by atoms with Crippen LogP contribution >= 0.6 is 15.9 Å². The van der Waals surface area contributed by atoms with Crippen LogP contribution in [-0.2, 0) is 6.54 Å². The van der Waals surface area contributed by atoms with E-state index in [0.29, 0.717) is 12.1 Å². The molecule has 1 atom stereocenters. The first kappa shape index (κ1) is 13.2. The molecule has 0 radical (unpaired) electrons. The number of halogens is 2. The largest absolute Gasteiger partial charge is 0.306 e. The van der Waals surface area contributed by atoms with Crippen molar-refractivity contribution in [3.05, 3.63) is 64.1 Å². The third kappa shape index (κ3) is 3.37. The molecule has 0 aliphatic heterocycles. The molecular formula is C14H14BrFN2. The van der Waals surface area contributed by atoms with Crippen LogP contribution in [0.2, 0.25) is 0 Å². The van der Waals surface area contributed by atoms with Gasteiger partial charge in [0, 0.05) is 35.0 Å². The monoisotopic (exact) mass is 308 g/mol. The van der Waals surface area contributed by atoms with Gasteiger partial charge in [-0.3, -0.25) is 4.98 Å². The normalized spacial score (nSPS) is 12.4. The maximum atomic E-state index is 13.6. The lowest BCUT2D eigenvalue weighted by Crippen LogP contribution is -2.18. The van der Waals surface area contributed by atoms with Crippen molar-refractivity contribution in [2.75, 3.05) is 0 Å². The average Bonchev–Trinajstić information content (AvgIpc) is 2.38. The third-order valence-electron chi connectivity index (χ3n) is 2.82. The highest BCUT2D eigenvalue weighted by molar-refractivity contribution is 9.10. The van der Waals surface area contributed by atoms with E-state index in [1.807, 2.05) is 25.1 Å². The van der Waals surface area contributed by atoms with Gasteiger partial charge in [-0.1, -0.05) is 22.0 Å². The van der Waals surface area contributed by atoms with Gasteiger partial charge in [0.05, 0.1) is 0 Å². The van der Waals surface area contributed by atoms with Crippen molar-refractivity contribution in [3.63, 3.8) is 0 Å². The smallest absolute Gasteiger partial charge is 0.128 e. The van der Waals surface area contributed by atoms with Gasteiger partial charge in [-0.25, -0.2) is 4.39 Å². The Balaban J connectivity index is 1.99. The fraction of sp³-hybridized carbons (Fsp3) is 0.214. The predicted molar refractivity (Wildman–Crippen MR) is 73.6 cm³/mol. The highest BCUT2D eigenvalue weighted by Gasteiger charge is 2.07. The van der Waals surface area contributed by atoms with Crippen LogP contribution < -0.4 is 5.32 Å². The number of nitrogens with zero attached hydrogens (tertiary/aromatic N) is 1. The summed E-state index contributed by atoms with van der Waals surface area (Å²) >= 11 is 3.25. The maximum Gasteiger partial charge on any atom is 0.128 e. The molecule has 2 rings (SSSR count). The Kier molecular flexibility index (Phi) is 4.44. The van der Waals surface area contributed by atoms with Gasteiger partial charge < -0.3 is 5.32 Å². The van der Waals surface area contributed by atoms with Gasteiger partial charge in [-0.15, -0.1) is 0 Å². The summed E-state index contributed by atoms with van der Waals surface area (Å²) in [7, 11) is 0. The molecule has 2 aromatic rings. The molecule has 0 aliphatic rings. The van der Waals surface area contributed by atoms with E-state index < -0.39 is 0 Å². The Labute approximate surface area is 114 Å². The summed E-state index contributed by atoms with van der Waals surface area (Å²) in [6.07, 6.45) is 3.52. The molecule has 94 valence electrons. The van der Waals surface area contributed by atoms with E-state index in [4.69, 9.17) is 0 Å². The van der Waals surface area contributed by atoms with E-state index in [9.17, 15) is 4.39 Å². The zero-order valence-electron chi connectivity index (χ0n) is 10.0. The summed E-state index contributed by atoms with van der Waals surface area (Å²) < 4.78 is 14.4. The Hall–Kier alpha value is -1.26. The number of benzene rings is 1. The molecule has 0 amide bonds. The summed E-state index contributed by atoms with van der Waals surface area (Å²) in [6.45, 7) is 2.55. The molecule has 4 heteroatoms. The summed E-state index contributed by atoms with van der Waals surface area (Å²) in [5.74, 6) is -0.196. The molecule has 1 heterocycles. The minimum absolute atomic E-state index is 0.163. The van der Waals surface area contributed by atoms with E-state index in [1.54, 1.807) is 18.5 Å². The molecule has 0 saturated heterocycles. The first-order valence-corrected chi connectivity index (χ1v) is 6.53. The van der Waals surface area contributed by atoms with Crippen molar-refractivity contribution in [2.45, 2.75) is 19.5 Å². The van der Waals surface area contributed by atoms with Crippen molar-refractivity contribution in [1.82, 2.24) is 10.3 Å². The van der Waals surface area contributed by atoms with Gasteiger partial charge in [0.25, 0.3) is 0 Å². The highest BCUT2D eigenvalue weighted by atomic mass is 79.9.